The summed E-state index contributed by atoms with van der Waals surface area (Å²) < 4.78 is 0. The third-order valence-corrected chi connectivity index (χ3v) is 2.05. The number of rotatable bonds is 2. The molecular formula is C8H11ClN2O. The molecular weight excluding hydrogens is 176 g/mol. The van der Waals surface area contributed by atoms with Crippen molar-refractivity contribution in [3.8, 4) is 0 Å². The van der Waals surface area contributed by atoms with Crippen molar-refractivity contribution in [1.82, 2.24) is 4.98 Å². The highest BCUT2D eigenvalue weighted by Crippen LogP contribution is 2.17. The molecule has 4 heteroatoms. The molecule has 1 unspecified atom stereocenters. The van der Waals surface area contributed by atoms with Gasteiger partial charge in [-0.2, -0.15) is 0 Å². The van der Waals surface area contributed by atoms with Gasteiger partial charge in [0.05, 0.1) is 23.4 Å². The molecule has 0 aliphatic rings. The Morgan fingerprint density at radius 3 is 2.92 bits per heavy atom. The van der Waals surface area contributed by atoms with Crippen LogP contribution >= 0.6 is 11.6 Å². The van der Waals surface area contributed by atoms with Gasteiger partial charge in [0.2, 0.25) is 0 Å². The van der Waals surface area contributed by atoms with Crippen LogP contribution in [0.15, 0.2) is 12.3 Å². The number of halogens is 1. The Kier molecular flexibility index (Phi) is 3.03. The van der Waals surface area contributed by atoms with E-state index in [0.29, 0.717) is 5.02 Å². The molecule has 3 N–H and O–H groups in total. The lowest BCUT2D eigenvalue weighted by Gasteiger charge is -2.08. The van der Waals surface area contributed by atoms with Crippen LogP contribution in [0, 0.1) is 6.92 Å². The first-order valence-corrected chi connectivity index (χ1v) is 4.01. The van der Waals surface area contributed by atoms with Crippen LogP contribution in [0.1, 0.15) is 17.3 Å². The van der Waals surface area contributed by atoms with E-state index < -0.39 is 6.04 Å². The number of hydrogen-bond donors (Lipinski definition) is 2. The van der Waals surface area contributed by atoms with Crippen LogP contribution in [0.25, 0.3) is 0 Å². The highest BCUT2D eigenvalue weighted by atomic mass is 35.5. The Morgan fingerprint density at radius 2 is 2.42 bits per heavy atom. The molecule has 0 radical (unpaired) electrons. The highest BCUT2D eigenvalue weighted by molar-refractivity contribution is 6.31. The SMILES string of the molecule is Cc1ncc(C(N)CO)cc1Cl. The molecule has 0 spiro atoms. The smallest absolute Gasteiger partial charge is 0.0624 e. The van der Waals surface area contributed by atoms with E-state index in [2.05, 4.69) is 4.98 Å². The first-order chi connectivity index (χ1) is 5.65. The molecule has 0 bridgehead atoms. The van der Waals surface area contributed by atoms with E-state index in [0.717, 1.165) is 11.3 Å². The summed E-state index contributed by atoms with van der Waals surface area (Å²) >= 11 is 5.82. The average molecular weight is 187 g/mol. The van der Waals surface area contributed by atoms with Crippen LogP contribution in [-0.4, -0.2) is 16.7 Å². The number of pyridine rings is 1. The number of nitrogens with two attached hydrogens (primary N) is 1. The van der Waals surface area contributed by atoms with Crippen molar-refractivity contribution in [2.75, 3.05) is 6.61 Å². The van der Waals surface area contributed by atoms with Crippen LogP contribution in [0.4, 0.5) is 0 Å². The van der Waals surface area contributed by atoms with E-state index in [1.807, 2.05) is 6.92 Å². The van der Waals surface area contributed by atoms with Crippen LogP contribution in [-0.2, 0) is 0 Å². The normalized spacial score (nSPS) is 13.0. The zero-order valence-electron chi connectivity index (χ0n) is 6.79. The van der Waals surface area contributed by atoms with Gasteiger partial charge in [-0.25, -0.2) is 0 Å². The predicted molar refractivity (Wildman–Crippen MR) is 48.0 cm³/mol. The Bertz CT molecular complexity index is 278. The molecule has 0 fully saturated rings. The van der Waals surface area contributed by atoms with Gasteiger partial charge in [0, 0.05) is 6.20 Å². The summed E-state index contributed by atoms with van der Waals surface area (Å²) in [5.74, 6) is 0. The van der Waals surface area contributed by atoms with Crippen molar-refractivity contribution >= 4 is 11.6 Å². The van der Waals surface area contributed by atoms with Gasteiger partial charge in [0.15, 0.2) is 0 Å². The minimum Gasteiger partial charge on any atom is -0.394 e. The average Bonchev–Trinajstić information content (AvgIpc) is 2.08. The van der Waals surface area contributed by atoms with Gasteiger partial charge in [-0.3, -0.25) is 4.98 Å². The van der Waals surface area contributed by atoms with Gasteiger partial charge in [0.25, 0.3) is 0 Å². The predicted octanol–water partition coefficient (Wildman–Crippen LogP) is 1.04. The summed E-state index contributed by atoms with van der Waals surface area (Å²) in [6.07, 6.45) is 1.63. The Hall–Kier alpha value is -0.640. The monoisotopic (exact) mass is 186 g/mol. The zero-order valence-corrected chi connectivity index (χ0v) is 7.54. The fraction of sp³-hybridized carbons (Fsp3) is 0.375. The zero-order chi connectivity index (χ0) is 9.14. The third-order valence-electron chi connectivity index (χ3n) is 1.67. The number of aliphatic hydroxyl groups excluding tert-OH is 1. The third kappa shape index (κ3) is 1.94. The first kappa shape index (κ1) is 9.45. The molecule has 1 rings (SSSR count). The molecule has 0 amide bonds. The summed E-state index contributed by atoms with van der Waals surface area (Å²) in [4.78, 5) is 4.02. The first-order valence-electron chi connectivity index (χ1n) is 3.63. The van der Waals surface area contributed by atoms with Crippen molar-refractivity contribution in [3.05, 3.63) is 28.5 Å². The number of hydrogen-bond acceptors (Lipinski definition) is 3. The maximum Gasteiger partial charge on any atom is 0.0624 e. The fourth-order valence-electron chi connectivity index (χ4n) is 0.829. The molecule has 0 aliphatic carbocycles. The van der Waals surface area contributed by atoms with Crippen LogP contribution in [0.5, 0.6) is 0 Å². The molecule has 1 aromatic rings. The molecule has 0 aromatic carbocycles. The quantitative estimate of drug-likeness (QED) is 0.726. The van der Waals surface area contributed by atoms with E-state index in [1.54, 1.807) is 12.3 Å². The minimum atomic E-state index is -0.393. The molecule has 1 aromatic heterocycles. The van der Waals surface area contributed by atoms with Crippen molar-refractivity contribution in [3.63, 3.8) is 0 Å². The van der Waals surface area contributed by atoms with Gasteiger partial charge >= 0.3 is 0 Å². The van der Waals surface area contributed by atoms with E-state index in [4.69, 9.17) is 22.4 Å². The summed E-state index contributed by atoms with van der Waals surface area (Å²) in [5, 5.41) is 9.33. The van der Waals surface area contributed by atoms with E-state index in [-0.39, 0.29) is 6.61 Å². The maximum absolute atomic E-state index is 8.75. The number of nitrogens with zero attached hydrogens (tertiary/aromatic N) is 1. The summed E-state index contributed by atoms with van der Waals surface area (Å²) in [6, 6.07) is 1.33. The lowest BCUT2D eigenvalue weighted by atomic mass is 10.1. The summed E-state index contributed by atoms with van der Waals surface area (Å²) in [6.45, 7) is 1.72. The Balaban J connectivity index is 2.96. The van der Waals surface area contributed by atoms with E-state index in [9.17, 15) is 0 Å². The Morgan fingerprint density at radius 1 is 1.75 bits per heavy atom. The number of aromatic nitrogens is 1. The van der Waals surface area contributed by atoms with Gasteiger partial charge < -0.3 is 10.8 Å². The molecule has 0 saturated heterocycles. The van der Waals surface area contributed by atoms with Crippen molar-refractivity contribution < 1.29 is 5.11 Å². The van der Waals surface area contributed by atoms with Crippen molar-refractivity contribution in [1.29, 1.82) is 0 Å². The standard InChI is InChI=1S/C8H11ClN2O/c1-5-7(9)2-6(3-11-5)8(10)4-12/h2-3,8,12H,4,10H2,1H3. The largest absolute Gasteiger partial charge is 0.394 e. The van der Waals surface area contributed by atoms with Gasteiger partial charge in [-0.15, -0.1) is 0 Å². The second-order valence-corrected chi connectivity index (χ2v) is 3.03. The topological polar surface area (TPSA) is 59.1 Å². The van der Waals surface area contributed by atoms with Gasteiger partial charge in [0.1, 0.15) is 0 Å². The lowest BCUT2D eigenvalue weighted by molar-refractivity contribution is 0.268. The molecule has 1 atom stereocenters. The van der Waals surface area contributed by atoms with Gasteiger partial charge in [-0.05, 0) is 18.6 Å². The van der Waals surface area contributed by atoms with Crippen LogP contribution in [0.2, 0.25) is 5.02 Å². The molecule has 0 saturated carbocycles. The summed E-state index contributed by atoms with van der Waals surface area (Å²) in [5.41, 5.74) is 7.09. The summed E-state index contributed by atoms with van der Waals surface area (Å²) in [7, 11) is 0. The second kappa shape index (κ2) is 3.85. The van der Waals surface area contributed by atoms with Crippen molar-refractivity contribution in [2.45, 2.75) is 13.0 Å². The number of aliphatic hydroxyl groups is 1. The minimum absolute atomic E-state index is 0.0962. The van der Waals surface area contributed by atoms with Gasteiger partial charge in [-0.1, -0.05) is 11.6 Å². The van der Waals surface area contributed by atoms with Crippen LogP contribution < -0.4 is 5.73 Å². The fourth-order valence-corrected chi connectivity index (χ4v) is 1.00. The molecule has 0 aliphatic heterocycles. The van der Waals surface area contributed by atoms with E-state index >= 15 is 0 Å². The van der Waals surface area contributed by atoms with Crippen molar-refractivity contribution in [2.24, 2.45) is 5.73 Å². The molecule has 3 nitrogen and oxygen atoms in total. The van der Waals surface area contributed by atoms with E-state index in [1.165, 1.54) is 0 Å². The molecule has 12 heavy (non-hydrogen) atoms. The highest BCUT2D eigenvalue weighted by Gasteiger charge is 2.06. The molecule has 1 heterocycles. The maximum atomic E-state index is 8.75. The molecule has 66 valence electrons. The lowest BCUT2D eigenvalue weighted by Crippen LogP contribution is -2.14. The second-order valence-electron chi connectivity index (χ2n) is 2.62. The number of aryl methyl sites for hydroxylation is 1. The Labute approximate surface area is 76.2 Å². The van der Waals surface area contributed by atoms with Crippen LogP contribution in [0.3, 0.4) is 0 Å².